The molecule has 5 heterocycles. The molecule has 5 rings (SSSR count). The lowest BCUT2D eigenvalue weighted by Crippen LogP contribution is -2.03. The number of aromatic nitrogens is 9. The maximum atomic E-state index is 4.63. The number of rotatable bonds is 5. The van der Waals surface area contributed by atoms with Gasteiger partial charge in [0.15, 0.2) is 0 Å². The molecule has 67 heavy (non-hydrogen) atoms. The molecule has 0 bridgehead atoms. The van der Waals surface area contributed by atoms with Gasteiger partial charge in [0.2, 0.25) is 0 Å². The molecule has 376 valence electrons. The van der Waals surface area contributed by atoms with Crippen LogP contribution in [0.5, 0.6) is 0 Å². The van der Waals surface area contributed by atoms with Crippen molar-refractivity contribution in [2.45, 2.75) is 244 Å². The number of nitrogens with zero attached hydrogens (tertiary/aromatic N) is 9. The van der Waals surface area contributed by atoms with Gasteiger partial charge in [0.25, 0.3) is 0 Å². The van der Waals surface area contributed by atoms with Crippen molar-refractivity contribution in [1.29, 1.82) is 0 Å². The monoisotopic (exact) mass is 922 g/mol. The third kappa shape index (κ3) is 21.5. The molecule has 0 aliphatic heterocycles. The molecule has 0 aromatic carbocycles. The summed E-state index contributed by atoms with van der Waals surface area (Å²) in [6.07, 6.45) is 0. The fourth-order valence-electron chi connectivity index (χ4n) is 6.64. The highest BCUT2D eigenvalue weighted by molar-refractivity contribution is 5.38. The van der Waals surface area contributed by atoms with Crippen LogP contribution in [-0.2, 0) is 0 Å². The zero-order valence-corrected chi connectivity index (χ0v) is 49.0. The average molecular weight is 922 g/mol. The second-order valence-corrected chi connectivity index (χ2v) is 20.0. The zero-order chi connectivity index (χ0) is 53.0. The van der Waals surface area contributed by atoms with Crippen LogP contribution in [0.3, 0.4) is 0 Å². The van der Waals surface area contributed by atoms with Gasteiger partial charge < -0.3 is 0 Å². The first-order chi connectivity index (χ1) is 30.8. The Morgan fingerprint density at radius 2 is 0.582 bits per heavy atom. The molecule has 0 amide bonds. The third-order valence-corrected chi connectivity index (χ3v) is 11.5. The van der Waals surface area contributed by atoms with E-state index in [1.54, 1.807) is 0 Å². The number of hydrogen-bond donors (Lipinski definition) is 0. The van der Waals surface area contributed by atoms with Gasteiger partial charge in [-0.05, 0) is 179 Å². The lowest BCUT2D eigenvalue weighted by Gasteiger charge is -2.15. The van der Waals surface area contributed by atoms with Gasteiger partial charge in [-0.15, -0.1) is 0 Å². The van der Waals surface area contributed by atoms with E-state index in [0.29, 0.717) is 29.6 Å². The first-order valence-electron chi connectivity index (χ1n) is 25.0. The van der Waals surface area contributed by atoms with Crippen LogP contribution < -0.4 is 0 Å². The van der Waals surface area contributed by atoms with Crippen molar-refractivity contribution < 1.29 is 0 Å². The predicted octanol–water partition coefficient (Wildman–Crippen LogP) is 16.2. The number of aryl methyl sites for hydroxylation is 9. The van der Waals surface area contributed by atoms with Gasteiger partial charge in [0.05, 0.1) is 34.2 Å². The highest BCUT2D eigenvalue weighted by atomic mass is 15.1. The number of hydrogen-bond acceptors (Lipinski definition) is 9. The molecule has 9 nitrogen and oxygen atoms in total. The van der Waals surface area contributed by atoms with Gasteiger partial charge in [-0.2, -0.15) is 10.2 Å². The van der Waals surface area contributed by atoms with Crippen molar-refractivity contribution in [3.05, 3.63) is 119 Å². The maximum absolute atomic E-state index is 4.63. The third-order valence-electron chi connectivity index (χ3n) is 11.5. The molecule has 9 heteroatoms. The van der Waals surface area contributed by atoms with E-state index in [1.807, 2.05) is 69.2 Å². The van der Waals surface area contributed by atoms with Crippen molar-refractivity contribution >= 4 is 0 Å². The second-order valence-electron chi connectivity index (χ2n) is 20.0. The smallest absolute Gasteiger partial charge is 0.131 e. The van der Waals surface area contributed by atoms with E-state index < -0.39 is 0 Å². The molecule has 0 saturated carbocycles. The summed E-state index contributed by atoms with van der Waals surface area (Å²) < 4.78 is 0. The zero-order valence-electron chi connectivity index (χ0n) is 49.0. The number of pyridine rings is 1. The molecule has 0 radical (unpaired) electrons. The Hall–Kier alpha value is -4.53. The minimum atomic E-state index is 0.419. The summed E-state index contributed by atoms with van der Waals surface area (Å²) in [7, 11) is 0. The van der Waals surface area contributed by atoms with E-state index in [0.717, 1.165) is 68.8 Å². The van der Waals surface area contributed by atoms with Crippen LogP contribution in [0.15, 0.2) is 0 Å². The normalized spacial score (nSPS) is 10.5. The first kappa shape index (κ1) is 64.6. The van der Waals surface area contributed by atoms with Gasteiger partial charge in [-0.3, -0.25) is 15.0 Å². The van der Waals surface area contributed by atoms with Crippen molar-refractivity contribution in [2.24, 2.45) is 5.92 Å². The molecular formula is C58H99N9. The Morgan fingerprint density at radius 1 is 0.239 bits per heavy atom. The quantitative estimate of drug-likeness (QED) is 0.170. The van der Waals surface area contributed by atoms with Gasteiger partial charge >= 0.3 is 0 Å². The summed E-state index contributed by atoms with van der Waals surface area (Å²) in [4.78, 5) is 31.1. The van der Waals surface area contributed by atoms with E-state index in [1.165, 1.54) is 56.0 Å². The average Bonchev–Trinajstić information content (AvgIpc) is 3.23. The fraction of sp³-hybridized carbons (Fsp3) is 0.638. The van der Waals surface area contributed by atoms with Crippen LogP contribution in [0.25, 0.3) is 0 Å². The first-order valence-corrected chi connectivity index (χ1v) is 25.0. The molecule has 0 fully saturated rings. The van der Waals surface area contributed by atoms with Crippen molar-refractivity contribution in [1.82, 2.24) is 45.1 Å². The van der Waals surface area contributed by atoms with Crippen LogP contribution in [0, 0.1) is 117 Å². The van der Waals surface area contributed by atoms with Gasteiger partial charge in [-0.25, -0.2) is 19.9 Å². The molecular weight excluding hydrogens is 823 g/mol. The lowest BCUT2D eigenvalue weighted by molar-refractivity contribution is 0.737. The summed E-state index contributed by atoms with van der Waals surface area (Å²) in [6.45, 7) is 65.1. The molecule has 0 aliphatic carbocycles. The van der Waals surface area contributed by atoms with E-state index in [4.69, 9.17) is 0 Å². The predicted molar refractivity (Wildman–Crippen MR) is 290 cm³/mol. The van der Waals surface area contributed by atoms with E-state index >= 15 is 0 Å². The SMILES string of the molecule is CC.CC(C)C.Cc1nc(C(C)C)c(C)c(C)c1C.Cc1nc(C(C)C)nc(C)c1C.Cc1nc(C)c(C(C)C)nc1C.Cc1nc(C)c(C)c(C(C)C)n1.Cc1nnc(C(C)C)c(C)c1C. The summed E-state index contributed by atoms with van der Waals surface area (Å²) in [5.41, 5.74) is 22.4. The van der Waals surface area contributed by atoms with Crippen LogP contribution in [0.2, 0.25) is 0 Å². The minimum absolute atomic E-state index is 0.419. The van der Waals surface area contributed by atoms with E-state index in [-0.39, 0.29) is 0 Å². The Morgan fingerprint density at radius 3 is 1.00 bits per heavy atom. The van der Waals surface area contributed by atoms with Gasteiger partial charge in [-0.1, -0.05) is 104 Å². The summed E-state index contributed by atoms with van der Waals surface area (Å²) >= 11 is 0. The minimum Gasteiger partial charge on any atom is -0.257 e. The van der Waals surface area contributed by atoms with Crippen molar-refractivity contribution in [3.8, 4) is 0 Å². The largest absolute Gasteiger partial charge is 0.257 e. The highest BCUT2D eigenvalue weighted by Crippen LogP contribution is 2.24. The van der Waals surface area contributed by atoms with Crippen LogP contribution >= 0.6 is 0 Å². The van der Waals surface area contributed by atoms with E-state index in [9.17, 15) is 0 Å². The molecule has 0 atom stereocenters. The van der Waals surface area contributed by atoms with Crippen molar-refractivity contribution in [2.75, 3.05) is 0 Å². The molecule has 5 aromatic heterocycles. The summed E-state index contributed by atoms with van der Waals surface area (Å²) in [5.74, 6) is 5.04. The summed E-state index contributed by atoms with van der Waals surface area (Å²) in [5, 5.41) is 8.30. The van der Waals surface area contributed by atoms with Crippen LogP contribution in [0.4, 0.5) is 0 Å². The molecule has 0 unspecified atom stereocenters. The molecule has 0 saturated heterocycles. The maximum Gasteiger partial charge on any atom is 0.131 e. The highest BCUT2D eigenvalue weighted by Gasteiger charge is 2.13. The van der Waals surface area contributed by atoms with Gasteiger partial charge in [0.1, 0.15) is 11.6 Å². The Kier molecular flexibility index (Phi) is 29.6. The Balaban J connectivity index is 0. The van der Waals surface area contributed by atoms with Gasteiger partial charge in [0, 0.05) is 40.1 Å². The standard InChI is InChI=1S/C12H19N.4C10H16N2.C4H10.C2H6/c1-7(2)12-10(5)8(3)9(4)11(6)13-12;1-6(2)10-9(5)11-7(3)8(4)12-10;1-6(2)10-7(3)8(4)11-9(5)12-10;1-6(2)10-11-8(4)7(3)9(5)12-10;1-6(2)10-8(4)7(3)9(5)11-12-10;1-4(2)3;1-2/h7H,1-6H3;4*6H,1-5H3;4H,1-3H3;1-2H3. The molecule has 5 aromatic rings. The Bertz CT molecular complexity index is 2230. The second kappa shape index (κ2) is 30.8. The Labute approximate surface area is 412 Å². The fourth-order valence-corrected chi connectivity index (χ4v) is 6.64. The molecule has 0 spiro atoms. The van der Waals surface area contributed by atoms with Crippen molar-refractivity contribution in [3.63, 3.8) is 0 Å². The molecule has 0 N–H and O–H groups in total. The van der Waals surface area contributed by atoms with E-state index in [2.05, 4.69) is 190 Å². The summed E-state index contributed by atoms with van der Waals surface area (Å²) in [6, 6.07) is 0. The topological polar surface area (TPSA) is 116 Å². The van der Waals surface area contributed by atoms with Crippen LogP contribution in [0.1, 0.15) is 252 Å². The van der Waals surface area contributed by atoms with Crippen LogP contribution in [-0.4, -0.2) is 45.1 Å². The lowest BCUT2D eigenvalue weighted by atomic mass is 9.97. The molecule has 0 aliphatic rings.